The Labute approximate surface area is 351 Å². The molecule has 4 aliphatic rings. The molecule has 60 heavy (non-hydrogen) atoms. The Morgan fingerprint density at radius 1 is 0.967 bits per heavy atom. The lowest BCUT2D eigenvalue weighted by Gasteiger charge is -2.45. The minimum absolute atomic E-state index is 0.0420. The van der Waals surface area contributed by atoms with E-state index in [-0.39, 0.29) is 80.4 Å². The number of ketones is 1. The number of hydrogen-bond donors (Lipinski definition) is 6. The van der Waals surface area contributed by atoms with Crippen LogP contribution in [0.2, 0.25) is 0 Å². The van der Waals surface area contributed by atoms with Crippen LogP contribution in [-0.2, 0) is 51.4 Å². The zero-order valence-electron chi connectivity index (χ0n) is 34.7. The van der Waals surface area contributed by atoms with Gasteiger partial charge in [-0.3, -0.25) is 9.59 Å². The molecule has 0 amide bonds. The number of Topliss-reactive ketones (excluding diaryl/α,β-unsaturated/α-hetero) is 1. The Balaban J connectivity index is 1.46. The summed E-state index contributed by atoms with van der Waals surface area (Å²) in [4.78, 5) is 41.7. The minimum Gasteiger partial charge on any atom is -0.507 e. The molecule has 1 fully saturated rings. The monoisotopic (exact) mass is 819 g/mol. The smallest absolute Gasteiger partial charge is 0.334 e. The van der Waals surface area contributed by atoms with Gasteiger partial charge in [0.1, 0.15) is 29.0 Å². The summed E-state index contributed by atoms with van der Waals surface area (Å²) in [5.74, 6) is 3.53. The highest BCUT2D eigenvalue weighted by atomic mass is 16.6. The number of carbonyl (C=O) groups excluding carboxylic acids is 3. The van der Waals surface area contributed by atoms with Crippen molar-refractivity contribution in [2.24, 2.45) is 11.8 Å². The number of ether oxygens (including phenoxy) is 2. The number of carbonyl (C=O) groups is 3. The average Bonchev–Trinajstić information content (AvgIpc) is 3.22. The van der Waals surface area contributed by atoms with Crippen molar-refractivity contribution < 1.29 is 49.4 Å². The van der Waals surface area contributed by atoms with Gasteiger partial charge in [0, 0.05) is 60.0 Å². The first-order valence-electron chi connectivity index (χ1n) is 21.5. The van der Waals surface area contributed by atoms with Crippen molar-refractivity contribution in [3.63, 3.8) is 0 Å². The Bertz CT molecular complexity index is 2220. The second kappa shape index (κ2) is 18.3. The van der Waals surface area contributed by atoms with E-state index in [9.17, 15) is 39.9 Å². The molecular weight excluding hydrogens is 763 g/mol. The third kappa shape index (κ3) is 9.32. The average molecular weight is 820 g/mol. The molecule has 3 aromatic rings. The molecule has 3 aromatic carbocycles. The summed E-state index contributed by atoms with van der Waals surface area (Å²) in [7, 11) is 0. The first-order chi connectivity index (χ1) is 28.8. The molecule has 8 atom stereocenters. The summed E-state index contributed by atoms with van der Waals surface area (Å²) in [5.41, 5.74) is 3.53. The van der Waals surface area contributed by atoms with Crippen molar-refractivity contribution >= 4 is 23.4 Å². The number of phenolic OH excluding ortho intramolecular Hbond substituents is 1. The number of aliphatic hydroxyl groups excluding tert-OH is 3. The van der Waals surface area contributed by atoms with E-state index >= 15 is 0 Å². The maximum atomic E-state index is 15.0. The number of hydrogen-bond acceptors (Lipinski definition) is 11. The van der Waals surface area contributed by atoms with E-state index in [1.165, 1.54) is 6.08 Å². The molecule has 7 rings (SSSR count). The van der Waals surface area contributed by atoms with Crippen molar-refractivity contribution in [3.05, 3.63) is 99.1 Å². The predicted octanol–water partition coefficient (Wildman–Crippen LogP) is 5.88. The lowest BCUT2D eigenvalue weighted by atomic mass is 9.66. The van der Waals surface area contributed by atoms with Crippen LogP contribution in [0.4, 0.5) is 5.69 Å². The molecule has 1 aliphatic carbocycles. The number of esters is 2. The van der Waals surface area contributed by atoms with Crippen LogP contribution in [0, 0.1) is 23.7 Å². The molecule has 6 N–H and O–H groups in total. The summed E-state index contributed by atoms with van der Waals surface area (Å²) in [5, 5.41) is 60.4. The highest BCUT2D eigenvalue weighted by molar-refractivity contribution is 5.89. The SMILES string of the molecule is CCC[C@]1(O)[C@@H]2CCC(=O)[C@H](Cc3cccc(c3)C[C@H](O)/C=C3/C[C@@H](c4cc(CO)cc(NC[C@H](C)O)c4)C#C[C@H]4CC(=O)Oc5c4cc(c(O)c5CC)C[C@H]1OC3=O)C2. The van der Waals surface area contributed by atoms with Crippen LogP contribution in [0.3, 0.4) is 0 Å². The lowest BCUT2D eigenvalue weighted by molar-refractivity contribution is -0.176. The molecule has 8 bridgehead atoms. The molecule has 0 radical (unpaired) electrons. The standard InChI is InChI=1S/C49H57NO10/c1-4-13-49(58)38-11-12-43(54)35(20-38)15-29-7-6-8-30(14-29)18-40(53)22-37-19-32(34-16-31(27-51)17-39(21-34)50-26-28(3)52)9-10-33-25-45(55)60-47-41(5-2)46(56)36(23-42(33)47)24-44(49)59-48(37)57/h6-8,14,16-17,21-23,28,32-33,35,38,40,44,50-53,56,58H,4-5,11-13,15,18-20,24-27H2,1-3H3/b37-22-/t28-,32-,33-,35+,38+,40-,44+,49-/m0/s1. The van der Waals surface area contributed by atoms with Crippen molar-refractivity contribution in [1.29, 1.82) is 0 Å². The molecule has 318 valence electrons. The molecule has 3 heterocycles. The van der Waals surface area contributed by atoms with E-state index in [1.54, 1.807) is 25.1 Å². The Hall–Kier alpha value is -4.99. The largest absolute Gasteiger partial charge is 0.507 e. The lowest BCUT2D eigenvalue weighted by Crippen LogP contribution is -2.54. The van der Waals surface area contributed by atoms with Crippen molar-refractivity contribution in [3.8, 4) is 23.3 Å². The number of benzene rings is 3. The van der Waals surface area contributed by atoms with Gasteiger partial charge in [0.2, 0.25) is 0 Å². The number of nitrogens with one attached hydrogen (secondary N) is 1. The van der Waals surface area contributed by atoms with Crippen LogP contribution in [0.15, 0.2) is 60.2 Å². The van der Waals surface area contributed by atoms with Gasteiger partial charge in [0.15, 0.2) is 0 Å². The van der Waals surface area contributed by atoms with Gasteiger partial charge in [-0.25, -0.2) is 4.79 Å². The zero-order chi connectivity index (χ0) is 42.7. The second-order valence-corrected chi connectivity index (χ2v) is 17.2. The predicted molar refractivity (Wildman–Crippen MR) is 225 cm³/mol. The third-order valence-electron chi connectivity index (χ3n) is 12.7. The summed E-state index contributed by atoms with van der Waals surface area (Å²) < 4.78 is 12.4. The summed E-state index contributed by atoms with van der Waals surface area (Å²) >= 11 is 0. The molecule has 0 aromatic heterocycles. The molecule has 1 saturated carbocycles. The number of anilines is 1. The van der Waals surface area contributed by atoms with Crippen LogP contribution >= 0.6 is 0 Å². The number of fused-ring (bicyclic) bond motifs is 8. The van der Waals surface area contributed by atoms with Gasteiger partial charge >= 0.3 is 11.9 Å². The van der Waals surface area contributed by atoms with Gasteiger partial charge in [-0.05, 0) is 103 Å². The quantitative estimate of drug-likeness (QED) is 0.0907. The maximum Gasteiger partial charge on any atom is 0.334 e. The van der Waals surface area contributed by atoms with Crippen LogP contribution in [-0.4, -0.2) is 73.7 Å². The topological polar surface area (TPSA) is 183 Å². The van der Waals surface area contributed by atoms with Crippen molar-refractivity contribution in [2.45, 2.75) is 134 Å². The fraction of sp³-hybridized carbons (Fsp3) is 0.490. The van der Waals surface area contributed by atoms with E-state index in [1.807, 2.05) is 44.2 Å². The first-order valence-corrected chi connectivity index (χ1v) is 21.5. The normalized spacial score (nSPS) is 28.1. The molecular formula is C49H57NO10. The fourth-order valence-corrected chi connectivity index (χ4v) is 9.71. The van der Waals surface area contributed by atoms with Gasteiger partial charge in [-0.1, -0.05) is 62.4 Å². The number of aromatic hydroxyl groups is 1. The van der Waals surface area contributed by atoms with E-state index in [2.05, 4.69) is 17.2 Å². The number of aliphatic hydroxyl groups is 4. The third-order valence-corrected chi connectivity index (χ3v) is 12.7. The van der Waals surface area contributed by atoms with E-state index in [0.717, 1.165) is 11.1 Å². The molecule has 0 saturated heterocycles. The summed E-state index contributed by atoms with van der Waals surface area (Å²) in [6.45, 7) is 5.40. The zero-order valence-corrected chi connectivity index (χ0v) is 34.7. The van der Waals surface area contributed by atoms with E-state index in [4.69, 9.17) is 9.47 Å². The molecule has 0 spiro atoms. The van der Waals surface area contributed by atoms with E-state index in [0.29, 0.717) is 65.6 Å². The van der Waals surface area contributed by atoms with Crippen molar-refractivity contribution in [2.75, 3.05) is 11.9 Å². The summed E-state index contributed by atoms with van der Waals surface area (Å²) in [6, 6.07) is 14.9. The van der Waals surface area contributed by atoms with Gasteiger partial charge in [-0.2, -0.15) is 0 Å². The minimum atomic E-state index is -1.62. The van der Waals surface area contributed by atoms with Crippen LogP contribution in [0.25, 0.3) is 0 Å². The maximum absolute atomic E-state index is 15.0. The van der Waals surface area contributed by atoms with Gasteiger partial charge in [0.25, 0.3) is 0 Å². The Morgan fingerprint density at radius 2 is 1.73 bits per heavy atom. The van der Waals surface area contributed by atoms with Gasteiger partial charge in [-0.15, -0.1) is 0 Å². The first kappa shape index (κ1) is 43.1. The Morgan fingerprint density at radius 3 is 2.47 bits per heavy atom. The fourth-order valence-electron chi connectivity index (χ4n) is 9.71. The summed E-state index contributed by atoms with van der Waals surface area (Å²) in [6.07, 6.45) is 1.13. The Kier molecular flexibility index (Phi) is 13.2. The molecule has 0 unspecified atom stereocenters. The van der Waals surface area contributed by atoms with Crippen LogP contribution in [0.5, 0.6) is 11.5 Å². The van der Waals surface area contributed by atoms with Crippen molar-refractivity contribution in [1.82, 2.24) is 0 Å². The van der Waals surface area contributed by atoms with Gasteiger partial charge in [0.05, 0.1) is 31.2 Å². The highest BCUT2D eigenvalue weighted by Gasteiger charge is 2.49. The molecule has 3 aliphatic heterocycles. The van der Waals surface area contributed by atoms with Crippen LogP contribution in [0.1, 0.15) is 116 Å². The van der Waals surface area contributed by atoms with E-state index < -0.39 is 53.6 Å². The highest BCUT2D eigenvalue weighted by Crippen LogP contribution is 2.47. The van der Waals surface area contributed by atoms with Crippen LogP contribution < -0.4 is 10.1 Å². The van der Waals surface area contributed by atoms with Gasteiger partial charge < -0.3 is 40.3 Å². The number of rotatable bonds is 8. The molecule has 11 nitrogen and oxygen atoms in total. The second-order valence-electron chi connectivity index (χ2n) is 17.2. The number of phenols is 1. The molecule has 11 heteroatoms.